The lowest BCUT2D eigenvalue weighted by molar-refractivity contribution is 0.0851. The number of sulfonamides is 1. The van der Waals surface area contributed by atoms with Crippen LogP contribution >= 0.6 is 0 Å². The van der Waals surface area contributed by atoms with Gasteiger partial charge in [-0.05, 0) is 42.0 Å². The first kappa shape index (κ1) is 16.7. The molecule has 0 fully saturated rings. The highest BCUT2D eigenvalue weighted by molar-refractivity contribution is 7.92. The summed E-state index contributed by atoms with van der Waals surface area (Å²) in [5.41, 5.74) is 3.42. The van der Waals surface area contributed by atoms with Crippen molar-refractivity contribution >= 4 is 33.1 Å². The van der Waals surface area contributed by atoms with Crippen LogP contribution in [-0.4, -0.2) is 25.1 Å². The van der Waals surface area contributed by atoms with Crippen LogP contribution in [0.25, 0.3) is 0 Å². The van der Waals surface area contributed by atoms with Crippen molar-refractivity contribution in [1.29, 1.82) is 0 Å². The summed E-state index contributed by atoms with van der Waals surface area (Å²) in [6.45, 7) is 0.350. The SMILES string of the molecule is O=C1c2ccccc2C2=Nc3ccc(NS(=O)(=O)c4ccccc4)cc3CN12. The monoisotopic (exact) mass is 389 g/mol. The average Bonchev–Trinajstić information content (AvgIpc) is 2.99. The fraction of sp³-hybridized carbons (Fsp3) is 0.0476. The summed E-state index contributed by atoms with van der Waals surface area (Å²) in [5, 5.41) is 0. The summed E-state index contributed by atoms with van der Waals surface area (Å²) < 4.78 is 27.7. The number of nitrogens with one attached hydrogen (secondary N) is 1. The number of amides is 1. The number of aliphatic imine (C=N–C) groups is 1. The Morgan fingerprint density at radius 1 is 0.893 bits per heavy atom. The molecule has 2 aliphatic heterocycles. The summed E-state index contributed by atoms with van der Waals surface area (Å²) in [4.78, 5) is 19.1. The molecule has 138 valence electrons. The van der Waals surface area contributed by atoms with Gasteiger partial charge in [-0.2, -0.15) is 0 Å². The molecule has 0 aliphatic carbocycles. The molecule has 6 nitrogen and oxygen atoms in total. The van der Waals surface area contributed by atoms with Crippen LogP contribution in [0, 0.1) is 0 Å². The van der Waals surface area contributed by atoms with Crippen LogP contribution < -0.4 is 4.72 Å². The zero-order chi connectivity index (χ0) is 19.3. The minimum atomic E-state index is -3.68. The predicted molar refractivity (Wildman–Crippen MR) is 106 cm³/mol. The Kier molecular flexibility index (Phi) is 3.60. The van der Waals surface area contributed by atoms with Crippen molar-refractivity contribution in [2.75, 3.05) is 4.72 Å². The molecule has 7 heteroatoms. The summed E-state index contributed by atoms with van der Waals surface area (Å²) in [7, 11) is -3.68. The van der Waals surface area contributed by atoms with Crippen molar-refractivity contribution in [3.63, 3.8) is 0 Å². The largest absolute Gasteiger partial charge is 0.288 e. The molecule has 0 unspecified atom stereocenters. The number of hydrogen-bond donors (Lipinski definition) is 1. The topological polar surface area (TPSA) is 78.8 Å². The number of fused-ring (bicyclic) bond motifs is 4. The Morgan fingerprint density at radius 3 is 2.39 bits per heavy atom. The standard InChI is InChI=1S/C21H15N3O3S/c25-21-18-9-5-4-8-17(18)20-22-19-11-10-15(12-14(19)13-24(20)21)23-28(26,27)16-6-2-1-3-7-16/h1-12,23H,13H2. The maximum absolute atomic E-state index is 12.7. The Balaban J connectivity index is 1.50. The smallest absolute Gasteiger partial charge is 0.261 e. The van der Waals surface area contributed by atoms with Gasteiger partial charge in [0, 0.05) is 11.3 Å². The third-order valence-electron chi connectivity index (χ3n) is 4.84. The highest BCUT2D eigenvalue weighted by Crippen LogP contribution is 2.35. The zero-order valence-corrected chi connectivity index (χ0v) is 15.5. The lowest BCUT2D eigenvalue weighted by Crippen LogP contribution is -2.31. The molecule has 2 heterocycles. The number of hydrogen-bond acceptors (Lipinski definition) is 4. The molecule has 0 saturated heterocycles. The first-order valence-corrected chi connectivity index (χ1v) is 10.2. The van der Waals surface area contributed by atoms with Crippen LogP contribution in [0.1, 0.15) is 21.5 Å². The summed E-state index contributed by atoms with van der Waals surface area (Å²) in [6, 6.07) is 20.8. The molecule has 28 heavy (non-hydrogen) atoms. The molecule has 0 atom stereocenters. The van der Waals surface area contributed by atoms with Gasteiger partial charge < -0.3 is 0 Å². The molecular formula is C21H15N3O3S. The molecule has 0 radical (unpaired) electrons. The number of rotatable bonds is 3. The highest BCUT2D eigenvalue weighted by atomic mass is 32.2. The van der Waals surface area contributed by atoms with Crippen molar-refractivity contribution in [2.24, 2.45) is 4.99 Å². The van der Waals surface area contributed by atoms with Gasteiger partial charge in [-0.1, -0.05) is 36.4 Å². The van der Waals surface area contributed by atoms with Gasteiger partial charge in [0.15, 0.2) is 0 Å². The number of carbonyl (C=O) groups excluding carboxylic acids is 1. The number of amidine groups is 1. The van der Waals surface area contributed by atoms with Crippen LogP contribution in [0.5, 0.6) is 0 Å². The second kappa shape index (κ2) is 6.03. The quantitative estimate of drug-likeness (QED) is 0.744. The fourth-order valence-electron chi connectivity index (χ4n) is 3.50. The van der Waals surface area contributed by atoms with E-state index in [1.165, 1.54) is 12.1 Å². The van der Waals surface area contributed by atoms with E-state index in [1.54, 1.807) is 47.4 Å². The maximum atomic E-state index is 12.7. The van der Waals surface area contributed by atoms with Gasteiger partial charge in [0.1, 0.15) is 5.84 Å². The molecule has 1 N–H and O–H groups in total. The van der Waals surface area contributed by atoms with Crippen molar-refractivity contribution in [3.05, 3.63) is 89.5 Å². The average molecular weight is 389 g/mol. The van der Waals surface area contributed by atoms with Crippen LogP contribution in [0.4, 0.5) is 11.4 Å². The van der Waals surface area contributed by atoms with E-state index in [0.29, 0.717) is 23.6 Å². The lowest BCUT2D eigenvalue weighted by Gasteiger charge is -2.24. The normalized spacial score (nSPS) is 14.8. The maximum Gasteiger partial charge on any atom is 0.261 e. The second-order valence-corrected chi connectivity index (χ2v) is 8.32. The van der Waals surface area contributed by atoms with E-state index in [4.69, 9.17) is 0 Å². The fourth-order valence-corrected chi connectivity index (χ4v) is 4.57. The molecule has 3 aromatic carbocycles. The van der Waals surface area contributed by atoms with Gasteiger partial charge in [-0.3, -0.25) is 14.4 Å². The summed E-state index contributed by atoms with van der Waals surface area (Å²) in [5.74, 6) is 0.556. The Hall–Kier alpha value is -3.45. The van der Waals surface area contributed by atoms with Gasteiger partial charge >= 0.3 is 0 Å². The molecule has 2 aliphatic rings. The van der Waals surface area contributed by atoms with Crippen LogP contribution in [0.3, 0.4) is 0 Å². The van der Waals surface area contributed by atoms with Gasteiger partial charge in [0.25, 0.3) is 15.9 Å². The summed E-state index contributed by atoms with van der Waals surface area (Å²) in [6.07, 6.45) is 0. The number of benzene rings is 3. The van der Waals surface area contributed by atoms with Crippen LogP contribution in [0.15, 0.2) is 82.7 Å². The molecule has 0 spiro atoms. The molecule has 0 bridgehead atoms. The number of nitrogens with zero attached hydrogens (tertiary/aromatic N) is 2. The van der Waals surface area contributed by atoms with Crippen molar-refractivity contribution in [3.8, 4) is 0 Å². The molecular weight excluding hydrogens is 374 g/mol. The van der Waals surface area contributed by atoms with Crippen LogP contribution in [0.2, 0.25) is 0 Å². The zero-order valence-electron chi connectivity index (χ0n) is 14.7. The molecule has 0 saturated carbocycles. The molecule has 3 aromatic rings. The molecule has 1 amide bonds. The third-order valence-corrected chi connectivity index (χ3v) is 6.24. The molecule has 5 rings (SSSR count). The first-order chi connectivity index (χ1) is 13.5. The Labute approximate surface area is 162 Å². The van der Waals surface area contributed by atoms with Gasteiger partial charge in [0.05, 0.1) is 22.7 Å². The second-order valence-electron chi connectivity index (χ2n) is 6.63. The van der Waals surface area contributed by atoms with E-state index in [2.05, 4.69) is 9.71 Å². The Morgan fingerprint density at radius 2 is 1.61 bits per heavy atom. The number of carbonyl (C=O) groups is 1. The van der Waals surface area contributed by atoms with E-state index in [1.807, 2.05) is 18.2 Å². The summed E-state index contributed by atoms with van der Waals surface area (Å²) >= 11 is 0. The van der Waals surface area contributed by atoms with Crippen molar-refractivity contribution < 1.29 is 13.2 Å². The predicted octanol–water partition coefficient (Wildman–Crippen LogP) is 3.54. The first-order valence-electron chi connectivity index (χ1n) is 8.74. The van der Waals surface area contributed by atoms with Gasteiger partial charge in [-0.15, -0.1) is 0 Å². The lowest BCUT2D eigenvalue weighted by atomic mass is 10.1. The van der Waals surface area contributed by atoms with E-state index >= 15 is 0 Å². The van der Waals surface area contributed by atoms with Crippen LogP contribution in [-0.2, 0) is 16.6 Å². The minimum absolute atomic E-state index is 0.0877. The Bertz CT molecular complexity index is 1250. The minimum Gasteiger partial charge on any atom is -0.288 e. The third kappa shape index (κ3) is 2.59. The van der Waals surface area contributed by atoms with E-state index in [9.17, 15) is 13.2 Å². The van der Waals surface area contributed by atoms with Crippen molar-refractivity contribution in [1.82, 2.24) is 4.90 Å². The van der Waals surface area contributed by atoms with Gasteiger partial charge in [0.2, 0.25) is 0 Å². The number of anilines is 1. The van der Waals surface area contributed by atoms with E-state index in [0.717, 1.165) is 16.8 Å². The van der Waals surface area contributed by atoms with Gasteiger partial charge in [-0.25, -0.2) is 13.4 Å². The van der Waals surface area contributed by atoms with Crippen molar-refractivity contribution in [2.45, 2.75) is 11.4 Å². The van der Waals surface area contributed by atoms with E-state index in [-0.39, 0.29) is 10.8 Å². The highest BCUT2D eigenvalue weighted by Gasteiger charge is 2.36. The van der Waals surface area contributed by atoms with E-state index < -0.39 is 10.0 Å². The molecule has 0 aromatic heterocycles.